The fourth-order valence-electron chi connectivity index (χ4n) is 3.48. The summed E-state index contributed by atoms with van der Waals surface area (Å²) >= 11 is 0. The Morgan fingerprint density at radius 1 is 0.846 bits per heavy atom. The summed E-state index contributed by atoms with van der Waals surface area (Å²) in [6.07, 6.45) is 0.489. The number of hydrogen-bond acceptors (Lipinski definition) is 4. The molecule has 4 rings (SSSR count). The summed E-state index contributed by atoms with van der Waals surface area (Å²) in [6.45, 7) is 5.47. The van der Waals surface area contributed by atoms with E-state index in [4.69, 9.17) is 9.47 Å². The second kappa shape index (κ2) is 7.79. The first kappa shape index (κ1) is 16.9. The average Bonchev–Trinajstić information content (AvgIpc) is 2.69. The standard InChI is InChI=1S/C21H24N2O3/c24-21(15-17-4-2-1-3-5-17)23-10-8-22(9-11-23)16-18-6-7-19-20(14-18)26-13-12-25-19/h1-7,14H,8-13,15-16H2. The van der Waals surface area contributed by atoms with Gasteiger partial charge in [0, 0.05) is 32.7 Å². The molecular weight excluding hydrogens is 328 g/mol. The van der Waals surface area contributed by atoms with Crippen molar-refractivity contribution in [1.82, 2.24) is 9.80 Å². The number of nitrogens with zero attached hydrogens (tertiary/aromatic N) is 2. The minimum Gasteiger partial charge on any atom is -0.486 e. The molecule has 5 heteroatoms. The first-order valence-corrected chi connectivity index (χ1v) is 9.20. The van der Waals surface area contributed by atoms with Gasteiger partial charge in [-0.3, -0.25) is 9.69 Å². The molecule has 5 nitrogen and oxygen atoms in total. The largest absolute Gasteiger partial charge is 0.486 e. The Kier molecular flexibility index (Phi) is 5.07. The second-order valence-corrected chi connectivity index (χ2v) is 6.80. The first-order chi connectivity index (χ1) is 12.8. The Hall–Kier alpha value is -2.53. The molecular formula is C21H24N2O3. The fraction of sp³-hybridized carbons (Fsp3) is 0.381. The maximum atomic E-state index is 12.5. The van der Waals surface area contributed by atoms with Crippen molar-refractivity contribution < 1.29 is 14.3 Å². The highest BCUT2D eigenvalue weighted by atomic mass is 16.6. The van der Waals surface area contributed by atoms with Gasteiger partial charge in [0.15, 0.2) is 11.5 Å². The van der Waals surface area contributed by atoms with E-state index in [0.717, 1.165) is 49.8 Å². The topological polar surface area (TPSA) is 42.0 Å². The molecule has 26 heavy (non-hydrogen) atoms. The number of benzene rings is 2. The highest BCUT2D eigenvalue weighted by Gasteiger charge is 2.21. The van der Waals surface area contributed by atoms with Gasteiger partial charge in [-0.2, -0.15) is 0 Å². The van der Waals surface area contributed by atoms with E-state index in [9.17, 15) is 4.79 Å². The molecule has 0 atom stereocenters. The van der Waals surface area contributed by atoms with Crippen LogP contribution in [0.25, 0.3) is 0 Å². The molecule has 136 valence electrons. The smallest absolute Gasteiger partial charge is 0.227 e. The number of ether oxygens (including phenoxy) is 2. The molecule has 1 saturated heterocycles. The zero-order valence-electron chi connectivity index (χ0n) is 14.9. The quantitative estimate of drug-likeness (QED) is 0.847. The molecule has 0 aromatic heterocycles. The van der Waals surface area contributed by atoms with E-state index in [1.165, 1.54) is 5.56 Å². The summed E-state index contributed by atoms with van der Waals surface area (Å²) in [7, 11) is 0. The molecule has 2 aromatic carbocycles. The normalized spacial score (nSPS) is 17.2. The van der Waals surface area contributed by atoms with Gasteiger partial charge in [-0.25, -0.2) is 0 Å². The molecule has 0 bridgehead atoms. The summed E-state index contributed by atoms with van der Waals surface area (Å²) in [6, 6.07) is 16.1. The van der Waals surface area contributed by atoms with Crippen molar-refractivity contribution in [3.8, 4) is 11.5 Å². The Morgan fingerprint density at radius 2 is 1.58 bits per heavy atom. The summed E-state index contributed by atoms with van der Waals surface area (Å²) in [4.78, 5) is 16.8. The van der Waals surface area contributed by atoms with Gasteiger partial charge in [0.05, 0.1) is 6.42 Å². The number of carbonyl (C=O) groups is 1. The maximum absolute atomic E-state index is 12.5. The molecule has 0 spiro atoms. The molecule has 1 fully saturated rings. The van der Waals surface area contributed by atoms with E-state index in [-0.39, 0.29) is 5.91 Å². The average molecular weight is 352 g/mol. The van der Waals surface area contributed by atoms with Gasteiger partial charge in [0.1, 0.15) is 13.2 Å². The van der Waals surface area contributed by atoms with Crippen LogP contribution in [0.4, 0.5) is 0 Å². The molecule has 0 radical (unpaired) electrons. The highest BCUT2D eigenvalue weighted by molar-refractivity contribution is 5.78. The third-order valence-corrected chi connectivity index (χ3v) is 4.94. The number of amides is 1. The first-order valence-electron chi connectivity index (χ1n) is 9.20. The van der Waals surface area contributed by atoms with Gasteiger partial charge in [-0.15, -0.1) is 0 Å². The number of hydrogen-bond donors (Lipinski definition) is 0. The summed E-state index contributed by atoms with van der Waals surface area (Å²) in [5.41, 5.74) is 2.30. The summed E-state index contributed by atoms with van der Waals surface area (Å²) in [5, 5.41) is 0. The number of piperazine rings is 1. The van der Waals surface area contributed by atoms with Crippen LogP contribution >= 0.6 is 0 Å². The lowest BCUT2D eigenvalue weighted by molar-refractivity contribution is -0.132. The third kappa shape index (κ3) is 3.99. The molecule has 0 N–H and O–H groups in total. The summed E-state index contributed by atoms with van der Waals surface area (Å²) in [5.74, 6) is 1.89. The SMILES string of the molecule is O=C(Cc1ccccc1)N1CCN(Cc2ccc3c(c2)OCCO3)CC1. The molecule has 2 heterocycles. The van der Waals surface area contributed by atoms with Crippen LogP contribution in [0, 0.1) is 0 Å². The van der Waals surface area contributed by atoms with E-state index < -0.39 is 0 Å². The van der Waals surface area contributed by atoms with Crippen molar-refractivity contribution in [2.24, 2.45) is 0 Å². The lowest BCUT2D eigenvalue weighted by atomic mass is 10.1. The van der Waals surface area contributed by atoms with Crippen molar-refractivity contribution in [2.45, 2.75) is 13.0 Å². The molecule has 2 aliphatic rings. The Labute approximate surface area is 154 Å². The number of carbonyl (C=O) groups excluding carboxylic acids is 1. The molecule has 0 unspecified atom stereocenters. The zero-order chi connectivity index (χ0) is 17.8. The molecule has 0 aliphatic carbocycles. The van der Waals surface area contributed by atoms with Crippen LogP contribution < -0.4 is 9.47 Å². The number of rotatable bonds is 4. The van der Waals surface area contributed by atoms with Crippen molar-refractivity contribution in [1.29, 1.82) is 0 Å². The van der Waals surface area contributed by atoms with Gasteiger partial charge in [0.2, 0.25) is 5.91 Å². The van der Waals surface area contributed by atoms with Crippen LogP contribution in [0.5, 0.6) is 11.5 Å². The van der Waals surface area contributed by atoms with E-state index in [1.807, 2.05) is 41.3 Å². The number of fused-ring (bicyclic) bond motifs is 1. The third-order valence-electron chi connectivity index (χ3n) is 4.94. The van der Waals surface area contributed by atoms with Gasteiger partial charge in [-0.1, -0.05) is 36.4 Å². The van der Waals surface area contributed by atoms with Crippen LogP contribution in [-0.2, 0) is 17.8 Å². The minimum absolute atomic E-state index is 0.218. The van der Waals surface area contributed by atoms with Gasteiger partial charge in [-0.05, 0) is 23.3 Å². The van der Waals surface area contributed by atoms with Gasteiger partial charge in [0.25, 0.3) is 0 Å². The van der Waals surface area contributed by atoms with Crippen LogP contribution in [0.3, 0.4) is 0 Å². The van der Waals surface area contributed by atoms with E-state index >= 15 is 0 Å². The van der Waals surface area contributed by atoms with Crippen molar-refractivity contribution in [3.05, 3.63) is 59.7 Å². The van der Waals surface area contributed by atoms with Crippen LogP contribution in [-0.4, -0.2) is 55.1 Å². The lowest BCUT2D eigenvalue weighted by Gasteiger charge is -2.35. The van der Waals surface area contributed by atoms with Crippen molar-refractivity contribution in [3.63, 3.8) is 0 Å². The summed E-state index contributed by atoms with van der Waals surface area (Å²) < 4.78 is 11.2. The van der Waals surface area contributed by atoms with Gasteiger partial charge < -0.3 is 14.4 Å². The Morgan fingerprint density at radius 3 is 2.35 bits per heavy atom. The van der Waals surface area contributed by atoms with Crippen molar-refractivity contribution >= 4 is 5.91 Å². The molecule has 1 amide bonds. The maximum Gasteiger partial charge on any atom is 0.227 e. The monoisotopic (exact) mass is 352 g/mol. The van der Waals surface area contributed by atoms with Crippen LogP contribution in [0.2, 0.25) is 0 Å². The molecule has 2 aromatic rings. The molecule has 0 saturated carbocycles. The predicted molar refractivity (Wildman–Crippen MR) is 99.4 cm³/mol. The highest BCUT2D eigenvalue weighted by Crippen LogP contribution is 2.31. The van der Waals surface area contributed by atoms with Crippen LogP contribution in [0.15, 0.2) is 48.5 Å². The fourth-order valence-corrected chi connectivity index (χ4v) is 3.48. The minimum atomic E-state index is 0.218. The Balaban J connectivity index is 1.29. The van der Waals surface area contributed by atoms with E-state index in [2.05, 4.69) is 17.0 Å². The lowest BCUT2D eigenvalue weighted by Crippen LogP contribution is -2.48. The predicted octanol–water partition coefficient (Wildman–Crippen LogP) is 2.34. The van der Waals surface area contributed by atoms with Crippen molar-refractivity contribution in [2.75, 3.05) is 39.4 Å². The van der Waals surface area contributed by atoms with E-state index in [1.54, 1.807) is 0 Å². The Bertz CT molecular complexity index is 755. The second-order valence-electron chi connectivity index (χ2n) is 6.80. The van der Waals surface area contributed by atoms with Crippen LogP contribution in [0.1, 0.15) is 11.1 Å². The van der Waals surface area contributed by atoms with Gasteiger partial charge >= 0.3 is 0 Å². The molecule has 2 aliphatic heterocycles. The zero-order valence-corrected chi connectivity index (χ0v) is 14.9. The van der Waals surface area contributed by atoms with E-state index in [0.29, 0.717) is 19.6 Å².